The van der Waals surface area contributed by atoms with Crippen molar-refractivity contribution in [2.45, 2.75) is 26.8 Å². The van der Waals surface area contributed by atoms with Crippen molar-refractivity contribution in [2.75, 3.05) is 52.4 Å². The van der Waals surface area contributed by atoms with E-state index in [1.54, 1.807) is 0 Å². The lowest BCUT2D eigenvalue weighted by atomic mass is 9.99. The Bertz CT molecular complexity index is 203. The van der Waals surface area contributed by atoms with Crippen molar-refractivity contribution in [3.63, 3.8) is 0 Å². The minimum absolute atomic E-state index is 0.724. The monoisotopic (exact) mass is 225 g/mol. The van der Waals surface area contributed by atoms with Gasteiger partial charge in [0.25, 0.3) is 0 Å². The normalized spacial score (nSPS) is 26.2. The van der Waals surface area contributed by atoms with Gasteiger partial charge in [-0.25, -0.2) is 0 Å². The van der Waals surface area contributed by atoms with Gasteiger partial charge >= 0.3 is 0 Å². The molecule has 16 heavy (non-hydrogen) atoms. The molecule has 0 unspecified atom stereocenters. The average molecular weight is 225 g/mol. The molecule has 2 aliphatic heterocycles. The van der Waals surface area contributed by atoms with Crippen LogP contribution >= 0.6 is 0 Å². The first kappa shape index (κ1) is 12.3. The van der Waals surface area contributed by atoms with Crippen LogP contribution in [-0.4, -0.2) is 73.1 Å². The molecule has 94 valence electrons. The van der Waals surface area contributed by atoms with Crippen molar-refractivity contribution < 1.29 is 0 Å². The number of nitrogens with zero attached hydrogens (tertiary/aromatic N) is 3. The molecule has 0 bridgehead atoms. The topological polar surface area (TPSA) is 9.72 Å². The number of rotatable bonds is 4. The maximum atomic E-state index is 2.66. The molecule has 2 heterocycles. The van der Waals surface area contributed by atoms with Crippen LogP contribution < -0.4 is 0 Å². The molecular weight excluding hydrogens is 198 g/mol. The zero-order valence-electron chi connectivity index (χ0n) is 11.2. The lowest BCUT2D eigenvalue weighted by molar-refractivity contribution is 0.0439. The molecule has 3 nitrogen and oxygen atoms in total. The minimum atomic E-state index is 0.724. The van der Waals surface area contributed by atoms with Gasteiger partial charge in [0.15, 0.2) is 0 Å². The highest BCUT2D eigenvalue weighted by Gasteiger charge is 2.28. The second-order valence-corrected chi connectivity index (χ2v) is 5.65. The second kappa shape index (κ2) is 5.48. The predicted octanol–water partition coefficient (Wildman–Crippen LogP) is 0.964. The first-order valence-corrected chi connectivity index (χ1v) is 6.87. The Morgan fingerprint density at radius 2 is 1.62 bits per heavy atom. The van der Waals surface area contributed by atoms with Crippen molar-refractivity contribution >= 4 is 0 Å². The summed E-state index contributed by atoms with van der Waals surface area (Å²) in [6, 6.07) is 0.724. The summed E-state index contributed by atoms with van der Waals surface area (Å²) in [6.07, 6.45) is 0. The third kappa shape index (κ3) is 2.96. The fourth-order valence-electron chi connectivity index (χ4n) is 2.88. The zero-order valence-corrected chi connectivity index (χ0v) is 11.2. The van der Waals surface area contributed by atoms with Crippen LogP contribution in [0, 0.1) is 5.92 Å². The highest BCUT2D eigenvalue weighted by molar-refractivity contribution is 4.83. The molecule has 0 spiro atoms. The predicted molar refractivity (Wildman–Crippen MR) is 68.8 cm³/mol. The van der Waals surface area contributed by atoms with Crippen molar-refractivity contribution in [3.05, 3.63) is 0 Å². The molecule has 0 radical (unpaired) electrons. The van der Waals surface area contributed by atoms with E-state index < -0.39 is 0 Å². The van der Waals surface area contributed by atoms with E-state index in [9.17, 15) is 0 Å². The van der Waals surface area contributed by atoms with Gasteiger partial charge in [0.05, 0.1) is 0 Å². The summed E-state index contributed by atoms with van der Waals surface area (Å²) in [5.74, 6) is 0.950. The number of hydrogen-bond acceptors (Lipinski definition) is 3. The Kier molecular flexibility index (Phi) is 4.22. The van der Waals surface area contributed by atoms with Crippen molar-refractivity contribution in [1.82, 2.24) is 14.7 Å². The summed E-state index contributed by atoms with van der Waals surface area (Å²) < 4.78 is 0. The molecule has 2 fully saturated rings. The third-order valence-corrected chi connectivity index (χ3v) is 4.13. The Balaban J connectivity index is 1.63. The van der Waals surface area contributed by atoms with Crippen molar-refractivity contribution in [1.29, 1.82) is 0 Å². The van der Waals surface area contributed by atoms with Crippen molar-refractivity contribution in [3.8, 4) is 0 Å². The fraction of sp³-hybridized carbons (Fsp3) is 1.00. The summed E-state index contributed by atoms with van der Waals surface area (Å²) in [6.45, 7) is 17.2. The van der Waals surface area contributed by atoms with Gasteiger partial charge in [-0.05, 0) is 26.3 Å². The Hall–Kier alpha value is -0.120. The van der Waals surface area contributed by atoms with E-state index in [-0.39, 0.29) is 0 Å². The first-order chi connectivity index (χ1) is 7.69. The van der Waals surface area contributed by atoms with Crippen LogP contribution in [0.25, 0.3) is 0 Å². The lowest BCUT2D eigenvalue weighted by Gasteiger charge is -2.43. The molecule has 2 rings (SSSR count). The number of hydrogen-bond donors (Lipinski definition) is 0. The van der Waals surface area contributed by atoms with Gasteiger partial charge in [0.2, 0.25) is 0 Å². The van der Waals surface area contributed by atoms with Crippen LogP contribution in [0.5, 0.6) is 0 Å². The van der Waals surface area contributed by atoms with Gasteiger partial charge in [-0.2, -0.15) is 0 Å². The summed E-state index contributed by atoms with van der Waals surface area (Å²) >= 11 is 0. The molecule has 2 aliphatic rings. The Morgan fingerprint density at radius 1 is 1.00 bits per heavy atom. The average Bonchev–Trinajstić information content (AvgIpc) is 2.23. The van der Waals surface area contributed by atoms with Crippen LogP contribution in [-0.2, 0) is 0 Å². The molecule has 3 heteroatoms. The molecule has 0 aliphatic carbocycles. The summed E-state index contributed by atoms with van der Waals surface area (Å²) in [7, 11) is 0. The SMILES string of the molecule is CCN1CC(CN2CCN(C(C)C)CC2)C1. The van der Waals surface area contributed by atoms with Crippen LogP contribution in [0.15, 0.2) is 0 Å². The van der Waals surface area contributed by atoms with Gasteiger partial charge in [-0.15, -0.1) is 0 Å². The molecular formula is C13H27N3. The smallest absolute Gasteiger partial charge is 0.0113 e. The van der Waals surface area contributed by atoms with Gasteiger partial charge < -0.3 is 9.80 Å². The third-order valence-electron chi connectivity index (χ3n) is 4.13. The molecule has 0 aromatic heterocycles. The van der Waals surface area contributed by atoms with Gasteiger partial charge in [0, 0.05) is 51.9 Å². The van der Waals surface area contributed by atoms with Gasteiger partial charge in [-0.1, -0.05) is 6.92 Å². The molecule has 0 amide bonds. The van der Waals surface area contributed by atoms with Crippen molar-refractivity contribution in [2.24, 2.45) is 5.92 Å². The standard InChI is InChI=1S/C13H27N3/c1-4-14-9-13(10-14)11-15-5-7-16(8-6-15)12(2)3/h12-13H,4-11H2,1-3H3. The van der Waals surface area contributed by atoms with E-state index in [0.717, 1.165) is 12.0 Å². The van der Waals surface area contributed by atoms with Crippen LogP contribution in [0.4, 0.5) is 0 Å². The fourth-order valence-corrected chi connectivity index (χ4v) is 2.88. The largest absolute Gasteiger partial charge is 0.303 e. The zero-order chi connectivity index (χ0) is 11.5. The molecule has 0 N–H and O–H groups in total. The van der Waals surface area contributed by atoms with Gasteiger partial charge in [-0.3, -0.25) is 4.90 Å². The number of piperazine rings is 1. The summed E-state index contributed by atoms with van der Waals surface area (Å²) in [4.78, 5) is 7.79. The molecule has 0 atom stereocenters. The van der Waals surface area contributed by atoms with Crippen LogP contribution in [0.2, 0.25) is 0 Å². The number of likely N-dealkylation sites (tertiary alicyclic amines) is 1. The lowest BCUT2D eigenvalue weighted by Crippen LogP contribution is -2.55. The summed E-state index contributed by atoms with van der Waals surface area (Å²) in [5.41, 5.74) is 0. The van der Waals surface area contributed by atoms with E-state index in [1.165, 1.54) is 52.4 Å². The maximum Gasteiger partial charge on any atom is 0.0113 e. The highest BCUT2D eigenvalue weighted by atomic mass is 15.3. The van der Waals surface area contributed by atoms with E-state index in [0.29, 0.717) is 0 Å². The summed E-state index contributed by atoms with van der Waals surface area (Å²) in [5, 5.41) is 0. The molecule has 0 aromatic rings. The van der Waals surface area contributed by atoms with Crippen LogP contribution in [0.3, 0.4) is 0 Å². The van der Waals surface area contributed by atoms with E-state index in [1.807, 2.05) is 0 Å². The van der Waals surface area contributed by atoms with E-state index >= 15 is 0 Å². The van der Waals surface area contributed by atoms with Gasteiger partial charge in [0.1, 0.15) is 0 Å². The maximum absolute atomic E-state index is 2.66. The first-order valence-electron chi connectivity index (χ1n) is 6.87. The Labute approximate surface area is 100 Å². The van der Waals surface area contributed by atoms with E-state index in [2.05, 4.69) is 35.5 Å². The van der Waals surface area contributed by atoms with E-state index in [4.69, 9.17) is 0 Å². The minimum Gasteiger partial charge on any atom is -0.303 e. The quantitative estimate of drug-likeness (QED) is 0.706. The second-order valence-electron chi connectivity index (χ2n) is 5.65. The van der Waals surface area contributed by atoms with Crippen LogP contribution in [0.1, 0.15) is 20.8 Å². The molecule has 0 aromatic carbocycles. The molecule has 0 saturated carbocycles. The molecule has 2 saturated heterocycles. The Morgan fingerprint density at radius 3 is 2.12 bits per heavy atom. The highest BCUT2D eigenvalue weighted by Crippen LogP contribution is 2.17.